The van der Waals surface area contributed by atoms with Gasteiger partial charge in [0.05, 0.1) is 0 Å². The van der Waals surface area contributed by atoms with Crippen molar-refractivity contribution in [3.8, 4) is 0 Å². The number of nitrogens with zero attached hydrogens (tertiary/aromatic N) is 1. The van der Waals surface area contributed by atoms with E-state index in [0.717, 1.165) is 6.54 Å². The van der Waals surface area contributed by atoms with Crippen molar-refractivity contribution in [2.75, 3.05) is 13.6 Å². The van der Waals surface area contributed by atoms with E-state index in [1.807, 2.05) is 0 Å². The van der Waals surface area contributed by atoms with Gasteiger partial charge in [-0.25, -0.2) is 0 Å². The summed E-state index contributed by atoms with van der Waals surface area (Å²) in [7, 11) is 2.18. The molecule has 1 unspecified atom stereocenters. The lowest BCUT2D eigenvalue weighted by molar-refractivity contribution is 0.246. The van der Waals surface area contributed by atoms with Gasteiger partial charge in [-0.05, 0) is 32.7 Å². The van der Waals surface area contributed by atoms with Gasteiger partial charge in [-0.3, -0.25) is 0 Å². The fraction of sp³-hybridized carbons (Fsp3) is 0.833. The minimum Gasteiger partial charge on any atom is -0.303 e. The fourth-order valence-corrected chi connectivity index (χ4v) is 1.33. The molecule has 0 fully saturated rings. The molecule has 0 heterocycles. The summed E-state index contributed by atoms with van der Waals surface area (Å²) in [5.41, 5.74) is 1.37. The molecular weight excluding hydrogens is 158 g/mol. The summed E-state index contributed by atoms with van der Waals surface area (Å²) in [6.45, 7) is 16.4. The van der Waals surface area contributed by atoms with Crippen molar-refractivity contribution in [2.45, 2.75) is 40.7 Å². The molecule has 0 aromatic rings. The van der Waals surface area contributed by atoms with Crippen LogP contribution < -0.4 is 0 Å². The molecule has 78 valence electrons. The SMILES string of the molecule is C=C(C(C)C)C(C)CN(C)C(C)C. The molecule has 0 aliphatic heterocycles. The van der Waals surface area contributed by atoms with E-state index in [-0.39, 0.29) is 0 Å². The van der Waals surface area contributed by atoms with Crippen LogP contribution in [0.4, 0.5) is 0 Å². The first kappa shape index (κ1) is 12.7. The smallest absolute Gasteiger partial charge is 0.00440 e. The summed E-state index contributed by atoms with van der Waals surface area (Å²) in [6.07, 6.45) is 0. The van der Waals surface area contributed by atoms with Gasteiger partial charge in [-0.2, -0.15) is 0 Å². The van der Waals surface area contributed by atoms with E-state index in [2.05, 4.69) is 53.1 Å². The minimum atomic E-state index is 0.604. The summed E-state index contributed by atoms with van der Waals surface area (Å²) in [4.78, 5) is 2.37. The third kappa shape index (κ3) is 4.47. The normalized spacial score (nSPS) is 14.2. The van der Waals surface area contributed by atoms with Crippen molar-refractivity contribution < 1.29 is 0 Å². The van der Waals surface area contributed by atoms with Crippen LogP contribution in [0.2, 0.25) is 0 Å². The molecule has 0 amide bonds. The number of hydrogen-bond acceptors (Lipinski definition) is 1. The summed E-state index contributed by atoms with van der Waals surface area (Å²) < 4.78 is 0. The molecule has 0 rings (SSSR count). The van der Waals surface area contributed by atoms with Crippen molar-refractivity contribution >= 4 is 0 Å². The molecule has 0 aromatic heterocycles. The van der Waals surface area contributed by atoms with E-state index in [9.17, 15) is 0 Å². The van der Waals surface area contributed by atoms with E-state index >= 15 is 0 Å². The summed E-state index contributed by atoms with van der Waals surface area (Å²) >= 11 is 0. The second-order valence-corrected chi connectivity index (χ2v) is 4.66. The standard InChI is InChI=1S/C12H25N/c1-9(2)12(6)11(5)8-13(7)10(3)4/h9-11H,6,8H2,1-5,7H3. The zero-order valence-corrected chi connectivity index (χ0v) is 10.1. The van der Waals surface area contributed by atoms with Gasteiger partial charge in [-0.15, -0.1) is 0 Å². The maximum Gasteiger partial charge on any atom is 0.00440 e. The van der Waals surface area contributed by atoms with Crippen LogP contribution >= 0.6 is 0 Å². The van der Waals surface area contributed by atoms with Crippen LogP contribution in [0.15, 0.2) is 12.2 Å². The molecule has 0 radical (unpaired) electrons. The molecule has 0 saturated carbocycles. The lowest BCUT2D eigenvalue weighted by Crippen LogP contribution is -2.31. The molecule has 0 N–H and O–H groups in total. The summed E-state index contributed by atoms with van der Waals surface area (Å²) in [6, 6.07) is 0.627. The van der Waals surface area contributed by atoms with E-state index in [4.69, 9.17) is 0 Å². The first-order chi connectivity index (χ1) is 5.86. The van der Waals surface area contributed by atoms with Gasteiger partial charge < -0.3 is 4.90 Å². The van der Waals surface area contributed by atoms with Crippen LogP contribution in [-0.4, -0.2) is 24.5 Å². The van der Waals surface area contributed by atoms with Crippen molar-refractivity contribution in [3.05, 3.63) is 12.2 Å². The van der Waals surface area contributed by atoms with E-state index in [1.54, 1.807) is 0 Å². The van der Waals surface area contributed by atoms with Gasteiger partial charge in [0, 0.05) is 12.6 Å². The summed E-state index contributed by atoms with van der Waals surface area (Å²) in [5, 5.41) is 0. The van der Waals surface area contributed by atoms with Gasteiger partial charge >= 0.3 is 0 Å². The van der Waals surface area contributed by atoms with Crippen LogP contribution in [0.25, 0.3) is 0 Å². The Balaban J connectivity index is 4.00. The van der Waals surface area contributed by atoms with Crippen molar-refractivity contribution in [1.29, 1.82) is 0 Å². The second kappa shape index (κ2) is 5.43. The quantitative estimate of drug-likeness (QED) is 0.592. The molecule has 0 aliphatic rings. The van der Waals surface area contributed by atoms with Crippen molar-refractivity contribution in [2.24, 2.45) is 11.8 Å². The van der Waals surface area contributed by atoms with Crippen molar-refractivity contribution in [3.63, 3.8) is 0 Å². The first-order valence-electron chi connectivity index (χ1n) is 5.25. The topological polar surface area (TPSA) is 3.24 Å². The van der Waals surface area contributed by atoms with Gasteiger partial charge in [0.15, 0.2) is 0 Å². The molecular formula is C12H25N. The first-order valence-corrected chi connectivity index (χ1v) is 5.25. The third-order valence-corrected chi connectivity index (χ3v) is 2.82. The molecule has 13 heavy (non-hydrogen) atoms. The fourth-order valence-electron chi connectivity index (χ4n) is 1.33. The highest BCUT2D eigenvalue weighted by Gasteiger charge is 2.13. The Morgan fingerprint density at radius 1 is 1.15 bits per heavy atom. The predicted molar refractivity (Wildman–Crippen MR) is 60.9 cm³/mol. The molecule has 0 aromatic carbocycles. The van der Waals surface area contributed by atoms with Crippen molar-refractivity contribution in [1.82, 2.24) is 4.90 Å². The van der Waals surface area contributed by atoms with Gasteiger partial charge in [-0.1, -0.05) is 32.9 Å². The lowest BCUT2D eigenvalue weighted by atomic mass is 9.92. The maximum atomic E-state index is 4.14. The van der Waals surface area contributed by atoms with Crippen LogP contribution in [-0.2, 0) is 0 Å². The van der Waals surface area contributed by atoms with Gasteiger partial charge in [0.1, 0.15) is 0 Å². The van der Waals surface area contributed by atoms with E-state index < -0.39 is 0 Å². The Morgan fingerprint density at radius 3 is 1.92 bits per heavy atom. The maximum absolute atomic E-state index is 4.14. The monoisotopic (exact) mass is 183 g/mol. The Labute approximate surface area is 83.8 Å². The molecule has 1 heteroatoms. The van der Waals surface area contributed by atoms with Crippen LogP contribution in [0.3, 0.4) is 0 Å². The van der Waals surface area contributed by atoms with Crippen LogP contribution in [0.5, 0.6) is 0 Å². The van der Waals surface area contributed by atoms with Crippen LogP contribution in [0.1, 0.15) is 34.6 Å². The van der Waals surface area contributed by atoms with E-state index in [0.29, 0.717) is 17.9 Å². The predicted octanol–water partition coefficient (Wildman–Crippen LogP) is 3.17. The Kier molecular flexibility index (Phi) is 5.31. The van der Waals surface area contributed by atoms with Gasteiger partial charge in [0.25, 0.3) is 0 Å². The lowest BCUT2D eigenvalue weighted by Gasteiger charge is -2.27. The average molecular weight is 183 g/mol. The highest BCUT2D eigenvalue weighted by Crippen LogP contribution is 2.18. The Morgan fingerprint density at radius 2 is 1.62 bits per heavy atom. The molecule has 1 atom stereocenters. The highest BCUT2D eigenvalue weighted by molar-refractivity contribution is 5.02. The minimum absolute atomic E-state index is 0.604. The zero-order chi connectivity index (χ0) is 10.6. The molecule has 0 spiro atoms. The average Bonchev–Trinajstić information content (AvgIpc) is 2.02. The molecule has 0 aliphatic carbocycles. The van der Waals surface area contributed by atoms with Gasteiger partial charge in [0.2, 0.25) is 0 Å². The number of rotatable bonds is 5. The molecule has 1 nitrogen and oxygen atoms in total. The van der Waals surface area contributed by atoms with E-state index in [1.165, 1.54) is 5.57 Å². The Hall–Kier alpha value is -0.300. The second-order valence-electron chi connectivity index (χ2n) is 4.66. The summed E-state index contributed by atoms with van der Waals surface area (Å²) in [5.74, 6) is 1.21. The third-order valence-electron chi connectivity index (χ3n) is 2.82. The highest BCUT2D eigenvalue weighted by atomic mass is 15.1. The zero-order valence-electron chi connectivity index (χ0n) is 10.1. The largest absolute Gasteiger partial charge is 0.303 e. The van der Waals surface area contributed by atoms with Crippen LogP contribution in [0, 0.1) is 11.8 Å². The molecule has 0 bridgehead atoms. The number of hydrogen-bond donors (Lipinski definition) is 0. The molecule has 0 saturated heterocycles. The Bertz CT molecular complexity index is 159.